The predicted molar refractivity (Wildman–Crippen MR) is 122 cm³/mol. The van der Waals surface area contributed by atoms with E-state index in [0.717, 1.165) is 39.4 Å². The van der Waals surface area contributed by atoms with E-state index in [0.29, 0.717) is 5.95 Å². The van der Waals surface area contributed by atoms with Crippen LogP contribution in [0, 0.1) is 6.92 Å². The first kappa shape index (κ1) is 20.4. The largest absolute Gasteiger partial charge is 0.497 e. The van der Waals surface area contributed by atoms with Crippen LogP contribution in [0.15, 0.2) is 72.8 Å². The molecule has 3 aromatic carbocycles. The quantitative estimate of drug-likeness (QED) is 0.448. The second kappa shape index (κ2) is 8.80. The number of hydrogen-bond acceptors (Lipinski definition) is 5. The van der Waals surface area contributed by atoms with Gasteiger partial charge in [0, 0.05) is 23.8 Å². The van der Waals surface area contributed by atoms with Gasteiger partial charge in [0.25, 0.3) is 0 Å². The lowest BCUT2D eigenvalue weighted by Crippen LogP contribution is -2.13. The fraction of sp³-hybridized carbons (Fsp3) is 0.130. The number of fused-ring (bicyclic) bond motifs is 1. The van der Waals surface area contributed by atoms with E-state index >= 15 is 0 Å². The highest BCUT2D eigenvalue weighted by atomic mass is 35.5. The van der Waals surface area contributed by atoms with Gasteiger partial charge in [-0.2, -0.15) is 4.98 Å². The second-order valence-electron chi connectivity index (χ2n) is 6.59. The Morgan fingerprint density at radius 1 is 0.897 bits per heavy atom. The number of aromatic nitrogens is 2. The van der Waals surface area contributed by atoms with Crippen molar-refractivity contribution in [2.24, 2.45) is 0 Å². The maximum absolute atomic E-state index is 5.29. The normalized spacial score (nSPS) is 10.3. The molecule has 0 amide bonds. The van der Waals surface area contributed by atoms with Gasteiger partial charge in [0.05, 0.1) is 12.6 Å². The van der Waals surface area contributed by atoms with Crippen molar-refractivity contribution >= 4 is 46.5 Å². The molecule has 1 heterocycles. The van der Waals surface area contributed by atoms with Crippen LogP contribution in [-0.2, 0) is 0 Å². The Morgan fingerprint density at radius 3 is 2.34 bits per heavy atom. The van der Waals surface area contributed by atoms with Crippen molar-refractivity contribution in [3.05, 3.63) is 78.4 Å². The lowest BCUT2D eigenvalue weighted by molar-refractivity contribution is 0.414. The third-order valence-corrected chi connectivity index (χ3v) is 4.72. The summed E-state index contributed by atoms with van der Waals surface area (Å²) in [7, 11) is 3.69. The van der Waals surface area contributed by atoms with Gasteiger partial charge < -0.3 is 15.0 Å². The van der Waals surface area contributed by atoms with Gasteiger partial charge in [-0.1, -0.05) is 30.3 Å². The molecule has 148 valence electrons. The van der Waals surface area contributed by atoms with Crippen LogP contribution in [0.4, 0.5) is 23.1 Å². The van der Waals surface area contributed by atoms with E-state index in [1.807, 2.05) is 74.6 Å². The van der Waals surface area contributed by atoms with E-state index in [1.54, 1.807) is 7.11 Å². The molecule has 0 radical (unpaired) electrons. The molecule has 0 atom stereocenters. The van der Waals surface area contributed by atoms with Crippen molar-refractivity contribution in [2.45, 2.75) is 6.92 Å². The molecule has 29 heavy (non-hydrogen) atoms. The summed E-state index contributed by atoms with van der Waals surface area (Å²) in [6.07, 6.45) is 0. The monoisotopic (exact) mass is 406 g/mol. The van der Waals surface area contributed by atoms with Gasteiger partial charge in [0.15, 0.2) is 0 Å². The highest BCUT2D eigenvalue weighted by Gasteiger charge is 2.13. The van der Waals surface area contributed by atoms with Gasteiger partial charge in [-0.15, -0.1) is 12.4 Å². The first-order valence-corrected chi connectivity index (χ1v) is 9.13. The first-order valence-electron chi connectivity index (χ1n) is 9.13. The van der Waals surface area contributed by atoms with Gasteiger partial charge in [-0.05, 0) is 55.0 Å². The predicted octanol–water partition coefficient (Wildman–Crippen LogP) is 5.88. The summed E-state index contributed by atoms with van der Waals surface area (Å²) in [4.78, 5) is 11.6. The maximum atomic E-state index is 5.29. The molecular formula is C23H23ClN4O. The molecular weight excluding hydrogens is 384 g/mol. The van der Waals surface area contributed by atoms with E-state index in [9.17, 15) is 0 Å². The van der Waals surface area contributed by atoms with Crippen LogP contribution in [-0.4, -0.2) is 24.1 Å². The Kier molecular flexibility index (Phi) is 6.20. The van der Waals surface area contributed by atoms with Crippen molar-refractivity contribution in [1.82, 2.24) is 9.97 Å². The van der Waals surface area contributed by atoms with Gasteiger partial charge in [0.1, 0.15) is 11.6 Å². The zero-order valence-corrected chi connectivity index (χ0v) is 17.4. The van der Waals surface area contributed by atoms with Crippen molar-refractivity contribution in [1.29, 1.82) is 0 Å². The molecule has 0 aliphatic carbocycles. The number of halogens is 1. The number of hydrogen-bond donors (Lipinski definition) is 1. The second-order valence-corrected chi connectivity index (χ2v) is 6.59. The topological polar surface area (TPSA) is 50.3 Å². The molecule has 0 aliphatic rings. The van der Waals surface area contributed by atoms with Gasteiger partial charge in [-0.3, -0.25) is 0 Å². The number of benzene rings is 3. The highest BCUT2D eigenvalue weighted by molar-refractivity contribution is 5.92. The minimum Gasteiger partial charge on any atom is -0.497 e. The summed E-state index contributed by atoms with van der Waals surface area (Å²) in [6.45, 7) is 2.03. The Hall–Kier alpha value is -3.31. The molecule has 0 saturated carbocycles. The number of rotatable bonds is 5. The average Bonchev–Trinajstić information content (AvgIpc) is 2.74. The van der Waals surface area contributed by atoms with Crippen LogP contribution >= 0.6 is 12.4 Å². The van der Waals surface area contributed by atoms with E-state index < -0.39 is 0 Å². The standard InChI is InChI=1S/C23H22N4O.ClH/c1-16-15-18(28-3)13-14-20(16)24-23-25-21-12-8-7-11-19(21)22(26-23)27(2)17-9-5-4-6-10-17;/h4-15H,1-3H3,(H,24,25,26);1H. The minimum absolute atomic E-state index is 0. The Morgan fingerprint density at radius 2 is 1.62 bits per heavy atom. The Labute approximate surface area is 176 Å². The molecule has 4 aromatic rings. The molecule has 0 saturated heterocycles. The number of nitrogens with zero attached hydrogens (tertiary/aromatic N) is 3. The van der Waals surface area contributed by atoms with Crippen LogP contribution in [0.1, 0.15) is 5.56 Å². The Balaban J connectivity index is 0.00000240. The molecule has 6 heteroatoms. The van der Waals surface area contributed by atoms with Gasteiger partial charge >= 0.3 is 0 Å². The SMILES string of the molecule is COc1ccc(Nc2nc(N(C)c3ccccc3)c3ccccc3n2)c(C)c1.Cl. The summed E-state index contributed by atoms with van der Waals surface area (Å²) < 4.78 is 5.29. The van der Waals surface area contributed by atoms with E-state index in [4.69, 9.17) is 14.7 Å². The third-order valence-electron chi connectivity index (χ3n) is 4.72. The molecule has 1 aromatic heterocycles. The third kappa shape index (κ3) is 4.25. The molecule has 0 aliphatic heterocycles. The molecule has 0 unspecified atom stereocenters. The average molecular weight is 407 g/mol. The fourth-order valence-corrected chi connectivity index (χ4v) is 3.17. The molecule has 0 bridgehead atoms. The minimum atomic E-state index is 0. The number of methoxy groups -OCH3 is 1. The number of ether oxygens (including phenoxy) is 1. The summed E-state index contributed by atoms with van der Waals surface area (Å²) in [5.74, 6) is 2.24. The molecule has 1 N–H and O–H groups in total. The van der Waals surface area contributed by atoms with Crippen LogP contribution in [0.25, 0.3) is 10.9 Å². The number of para-hydroxylation sites is 2. The van der Waals surface area contributed by atoms with E-state index in [2.05, 4.69) is 22.3 Å². The number of aryl methyl sites for hydroxylation is 1. The molecule has 0 fully saturated rings. The maximum Gasteiger partial charge on any atom is 0.229 e. The zero-order valence-electron chi connectivity index (χ0n) is 16.6. The van der Waals surface area contributed by atoms with Crippen molar-refractivity contribution in [3.63, 3.8) is 0 Å². The van der Waals surface area contributed by atoms with E-state index in [-0.39, 0.29) is 12.4 Å². The fourth-order valence-electron chi connectivity index (χ4n) is 3.17. The van der Waals surface area contributed by atoms with Crippen LogP contribution in [0.5, 0.6) is 5.75 Å². The van der Waals surface area contributed by atoms with Crippen LogP contribution in [0.2, 0.25) is 0 Å². The number of nitrogens with one attached hydrogen (secondary N) is 1. The van der Waals surface area contributed by atoms with Crippen molar-refractivity contribution in [3.8, 4) is 5.75 Å². The smallest absolute Gasteiger partial charge is 0.229 e. The van der Waals surface area contributed by atoms with Crippen molar-refractivity contribution in [2.75, 3.05) is 24.4 Å². The summed E-state index contributed by atoms with van der Waals surface area (Å²) >= 11 is 0. The Bertz CT molecular complexity index is 1120. The van der Waals surface area contributed by atoms with Gasteiger partial charge in [0.2, 0.25) is 5.95 Å². The highest BCUT2D eigenvalue weighted by Crippen LogP contribution is 2.31. The van der Waals surface area contributed by atoms with E-state index in [1.165, 1.54) is 0 Å². The molecule has 0 spiro atoms. The lowest BCUT2D eigenvalue weighted by Gasteiger charge is -2.21. The molecule has 4 rings (SSSR count). The van der Waals surface area contributed by atoms with Gasteiger partial charge in [-0.25, -0.2) is 4.98 Å². The summed E-state index contributed by atoms with van der Waals surface area (Å²) in [5, 5.41) is 4.36. The molecule has 5 nitrogen and oxygen atoms in total. The lowest BCUT2D eigenvalue weighted by atomic mass is 10.2. The van der Waals surface area contributed by atoms with Crippen molar-refractivity contribution < 1.29 is 4.74 Å². The number of anilines is 4. The van der Waals surface area contributed by atoms with Crippen LogP contribution < -0.4 is 15.0 Å². The first-order chi connectivity index (χ1) is 13.7. The summed E-state index contributed by atoms with van der Waals surface area (Å²) in [5.41, 5.74) is 3.97. The van der Waals surface area contributed by atoms with Crippen LogP contribution in [0.3, 0.4) is 0 Å². The zero-order chi connectivity index (χ0) is 19.5. The summed E-state index contributed by atoms with van der Waals surface area (Å²) in [6, 6.07) is 24.1.